The van der Waals surface area contributed by atoms with Gasteiger partial charge in [-0.3, -0.25) is 14.6 Å². The fourth-order valence-corrected chi connectivity index (χ4v) is 4.15. The lowest BCUT2D eigenvalue weighted by molar-refractivity contribution is -0.116. The molecule has 1 atom stereocenters. The molecule has 1 saturated heterocycles. The standard InChI is InChI=1S/C19H21BrN4O2/c1-11-5-7-24(8-6-11)19-22-17-16(18(26)23-19)14(10-15(25)21-17)12-3-2-4-13(20)9-12/h2-4,9,11,14H,5-8,10H2,1H3,(H2,21,22,23,25,26). The van der Waals surface area contributed by atoms with Gasteiger partial charge in [0, 0.05) is 29.9 Å². The van der Waals surface area contributed by atoms with Gasteiger partial charge in [0.2, 0.25) is 11.9 Å². The SMILES string of the molecule is CC1CCN(c2nc3c(c(=O)[nH]2)C(c2cccc(Br)c2)CC(=O)N3)CC1. The number of H-pyrrole nitrogens is 1. The summed E-state index contributed by atoms with van der Waals surface area (Å²) in [7, 11) is 0. The summed E-state index contributed by atoms with van der Waals surface area (Å²) < 4.78 is 0.922. The molecule has 26 heavy (non-hydrogen) atoms. The van der Waals surface area contributed by atoms with Gasteiger partial charge in [0.25, 0.3) is 5.56 Å². The van der Waals surface area contributed by atoms with Crippen molar-refractivity contribution in [2.75, 3.05) is 23.3 Å². The second kappa shape index (κ2) is 6.87. The molecule has 2 aliphatic rings. The van der Waals surface area contributed by atoms with Crippen LogP contribution >= 0.6 is 15.9 Å². The lowest BCUT2D eigenvalue weighted by Crippen LogP contribution is -2.37. The third-order valence-corrected chi connectivity index (χ3v) is 5.77. The highest BCUT2D eigenvalue weighted by Crippen LogP contribution is 2.35. The van der Waals surface area contributed by atoms with Gasteiger partial charge in [-0.15, -0.1) is 0 Å². The number of hydrogen-bond donors (Lipinski definition) is 2. The minimum absolute atomic E-state index is 0.112. The van der Waals surface area contributed by atoms with E-state index >= 15 is 0 Å². The van der Waals surface area contributed by atoms with Crippen molar-refractivity contribution in [3.05, 3.63) is 50.2 Å². The highest BCUT2D eigenvalue weighted by Gasteiger charge is 2.31. The highest BCUT2D eigenvalue weighted by atomic mass is 79.9. The molecule has 2 aromatic rings. The number of halogens is 1. The molecule has 0 saturated carbocycles. The van der Waals surface area contributed by atoms with Crippen molar-refractivity contribution in [2.24, 2.45) is 5.92 Å². The molecule has 1 amide bonds. The minimum Gasteiger partial charge on any atom is -0.342 e. The smallest absolute Gasteiger partial charge is 0.258 e. The van der Waals surface area contributed by atoms with Crippen molar-refractivity contribution in [3.8, 4) is 0 Å². The van der Waals surface area contributed by atoms with E-state index in [4.69, 9.17) is 0 Å². The van der Waals surface area contributed by atoms with Crippen LogP contribution in [0.2, 0.25) is 0 Å². The molecule has 0 radical (unpaired) electrons. The summed E-state index contributed by atoms with van der Waals surface area (Å²) in [6.07, 6.45) is 2.40. The monoisotopic (exact) mass is 416 g/mol. The Morgan fingerprint density at radius 3 is 2.73 bits per heavy atom. The van der Waals surface area contributed by atoms with E-state index in [0.717, 1.165) is 36.0 Å². The Bertz CT molecular complexity index is 903. The molecule has 0 bridgehead atoms. The number of nitrogens with one attached hydrogen (secondary N) is 2. The van der Waals surface area contributed by atoms with Crippen LogP contribution in [-0.2, 0) is 4.79 Å². The van der Waals surface area contributed by atoms with E-state index in [1.54, 1.807) is 0 Å². The van der Waals surface area contributed by atoms with Gasteiger partial charge in [-0.25, -0.2) is 0 Å². The number of carbonyl (C=O) groups excluding carboxylic acids is 1. The lowest BCUT2D eigenvalue weighted by atomic mass is 9.87. The van der Waals surface area contributed by atoms with Crippen molar-refractivity contribution in [1.82, 2.24) is 9.97 Å². The third kappa shape index (κ3) is 3.28. The first-order chi connectivity index (χ1) is 12.5. The minimum atomic E-state index is -0.289. The molecule has 2 aliphatic heterocycles. The molecule has 7 heteroatoms. The molecular formula is C19H21BrN4O2. The van der Waals surface area contributed by atoms with Crippen LogP contribution in [0.4, 0.5) is 11.8 Å². The zero-order chi connectivity index (χ0) is 18.3. The van der Waals surface area contributed by atoms with Gasteiger partial charge in [0.05, 0.1) is 5.56 Å². The number of carbonyl (C=O) groups is 1. The largest absolute Gasteiger partial charge is 0.342 e. The number of benzene rings is 1. The zero-order valence-electron chi connectivity index (χ0n) is 14.6. The quantitative estimate of drug-likeness (QED) is 0.787. The maximum atomic E-state index is 12.9. The Labute approximate surface area is 160 Å². The van der Waals surface area contributed by atoms with E-state index in [9.17, 15) is 9.59 Å². The van der Waals surface area contributed by atoms with Crippen molar-refractivity contribution in [2.45, 2.75) is 32.1 Å². The average Bonchev–Trinajstić information content (AvgIpc) is 2.61. The van der Waals surface area contributed by atoms with Crippen LogP contribution in [0, 0.1) is 5.92 Å². The van der Waals surface area contributed by atoms with Crippen LogP contribution in [0.25, 0.3) is 0 Å². The summed E-state index contributed by atoms with van der Waals surface area (Å²) in [5, 5.41) is 2.79. The summed E-state index contributed by atoms with van der Waals surface area (Å²) in [6.45, 7) is 3.97. The van der Waals surface area contributed by atoms with Gasteiger partial charge in [-0.1, -0.05) is 35.0 Å². The number of hydrogen-bond acceptors (Lipinski definition) is 4. The van der Waals surface area contributed by atoms with E-state index < -0.39 is 0 Å². The Hall–Kier alpha value is -2.15. The second-order valence-electron chi connectivity index (χ2n) is 7.18. The number of piperidine rings is 1. The molecule has 1 aromatic carbocycles. The van der Waals surface area contributed by atoms with E-state index in [2.05, 4.69) is 43.0 Å². The number of amides is 1. The predicted molar refractivity (Wildman–Crippen MR) is 105 cm³/mol. The number of nitrogens with zero attached hydrogens (tertiary/aromatic N) is 2. The summed E-state index contributed by atoms with van der Waals surface area (Å²) in [5.74, 6) is 1.23. The number of rotatable bonds is 2. The molecule has 4 rings (SSSR count). The fourth-order valence-electron chi connectivity index (χ4n) is 3.74. The van der Waals surface area contributed by atoms with Crippen LogP contribution in [-0.4, -0.2) is 29.0 Å². The molecule has 3 heterocycles. The first kappa shape index (κ1) is 17.3. The van der Waals surface area contributed by atoms with Gasteiger partial charge in [0.1, 0.15) is 5.82 Å². The second-order valence-corrected chi connectivity index (χ2v) is 8.10. The van der Waals surface area contributed by atoms with E-state index in [-0.39, 0.29) is 23.8 Å². The first-order valence-electron chi connectivity index (χ1n) is 8.95. The van der Waals surface area contributed by atoms with Gasteiger partial charge in [-0.2, -0.15) is 4.98 Å². The van der Waals surface area contributed by atoms with Crippen LogP contribution < -0.4 is 15.8 Å². The van der Waals surface area contributed by atoms with Gasteiger partial charge < -0.3 is 10.2 Å². The summed E-state index contributed by atoms with van der Waals surface area (Å²) in [5.41, 5.74) is 1.30. The van der Waals surface area contributed by atoms with Gasteiger partial charge in [-0.05, 0) is 36.5 Å². The van der Waals surface area contributed by atoms with Crippen molar-refractivity contribution in [3.63, 3.8) is 0 Å². The fraction of sp³-hybridized carbons (Fsp3) is 0.421. The molecule has 0 aliphatic carbocycles. The molecule has 1 unspecified atom stereocenters. The molecule has 1 aromatic heterocycles. The number of anilines is 2. The van der Waals surface area contributed by atoms with E-state index in [0.29, 0.717) is 23.2 Å². The molecule has 136 valence electrons. The summed E-state index contributed by atoms with van der Waals surface area (Å²) in [6, 6.07) is 7.73. The molecule has 6 nitrogen and oxygen atoms in total. The van der Waals surface area contributed by atoms with Crippen molar-refractivity contribution >= 4 is 33.6 Å². The average molecular weight is 417 g/mol. The van der Waals surface area contributed by atoms with Crippen molar-refractivity contribution in [1.29, 1.82) is 0 Å². The number of aromatic nitrogens is 2. The lowest BCUT2D eigenvalue weighted by Gasteiger charge is -2.32. The molecule has 2 N–H and O–H groups in total. The van der Waals surface area contributed by atoms with Crippen LogP contribution in [0.5, 0.6) is 0 Å². The Kier molecular flexibility index (Phi) is 4.56. The van der Waals surface area contributed by atoms with Gasteiger partial charge in [0.15, 0.2) is 0 Å². The van der Waals surface area contributed by atoms with E-state index in [1.165, 1.54) is 0 Å². The number of fused-ring (bicyclic) bond motifs is 1. The molecule has 0 spiro atoms. The summed E-state index contributed by atoms with van der Waals surface area (Å²) >= 11 is 3.46. The maximum absolute atomic E-state index is 12.9. The normalized spacial score (nSPS) is 20.6. The Morgan fingerprint density at radius 2 is 2.00 bits per heavy atom. The highest BCUT2D eigenvalue weighted by molar-refractivity contribution is 9.10. The van der Waals surface area contributed by atoms with Crippen LogP contribution in [0.1, 0.15) is 43.2 Å². The van der Waals surface area contributed by atoms with E-state index in [1.807, 2.05) is 24.3 Å². The van der Waals surface area contributed by atoms with Gasteiger partial charge >= 0.3 is 0 Å². The molecule has 1 fully saturated rings. The number of aromatic amines is 1. The summed E-state index contributed by atoms with van der Waals surface area (Å²) in [4.78, 5) is 34.8. The first-order valence-corrected chi connectivity index (χ1v) is 9.75. The zero-order valence-corrected chi connectivity index (χ0v) is 16.2. The molecular weight excluding hydrogens is 396 g/mol. The Morgan fingerprint density at radius 1 is 1.23 bits per heavy atom. The van der Waals surface area contributed by atoms with Crippen LogP contribution in [0.15, 0.2) is 33.5 Å². The Balaban J connectivity index is 1.74. The maximum Gasteiger partial charge on any atom is 0.258 e. The van der Waals surface area contributed by atoms with Crippen LogP contribution in [0.3, 0.4) is 0 Å². The van der Waals surface area contributed by atoms with Crippen molar-refractivity contribution < 1.29 is 4.79 Å². The topological polar surface area (TPSA) is 78.1 Å². The predicted octanol–water partition coefficient (Wildman–Crippen LogP) is 3.24. The third-order valence-electron chi connectivity index (χ3n) is 5.27.